The van der Waals surface area contributed by atoms with Crippen molar-refractivity contribution in [1.29, 1.82) is 0 Å². The molecule has 0 bridgehead atoms. The van der Waals surface area contributed by atoms with Crippen molar-refractivity contribution < 1.29 is 22.6 Å². The Bertz CT molecular complexity index is 428. The predicted octanol–water partition coefficient (Wildman–Crippen LogP) is 1.92. The molecule has 1 saturated heterocycles. The Hall–Kier alpha value is -1.47. The summed E-state index contributed by atoms with van der Waals surface area (Å²) in [5.41, 5.74) is 10.3. The average molecular weight is 248 g/mol. The molecule has 0 unspecified atom stereocenters. The Morgan fingerprint density at radius 1 is 1.12 bits per heavy atom. The van der Waals surface area contributed by atoms with Crippen LogP contribution in [0, 0.1) is 0 Å². The zero-order chi connectivity index (χ0) is 12.6. The Morgan fingerprint density at radius 2 is 1.71 bits per heavy atom. The lowest BCUT2D eigenvalue weighted by atomic mass is 10.1. The van der Waals surface area contributed by atoms with E-state index in [9.17, 15) is 13.2 Å². The van der Waals surface area contributed by atoms with Gasteiger partial charge in [0, 0.05) is 5.56 Å². The van der Waals surface area contributed by atoms with Crippen LogP contribution in [0.1, 0.15) is 17.4 Å². The van der Waals surface area contributed by atoms with Crippen molar-refractivity contribution in [3.63, 3.8) is 0 Å². The molecule has 94 valence electrons. The molecule has 0 aliphatic carbocycles. The van der Waals surface area contributed by atoms with Gasteiger partial charge in [-0.25, -0.2) is 0 Å². The van der Waals surface area contributed by atoms with Gasteiger partial charge in [0.2, 0.25) is 0 Å². The van der Waals surface area contributed by atoms with E-state index < -0.39 is 18.0 Å². The monoisotopic (exact) mass is 248 g/mol. The van der Waals surface area contributed by atoms with Crippen LogP contribution in [0.3, 0.4) is 0 Å². The Labute approximate surface area is 95.3 Å². The zero-order valence-electron chi connectivity index (χ0n) is 8.75. The van der Waals surface area contributed by atoms with E-state index in [2.05, 4.69) is 0 Å². The molecule has 7 heteroatoms. The molecule has 0 radical (unpaired) electrons. The van der Waals surface area contributed by atoms with Gasteiger partial charge in [0.25, 0.3) is 0 Å². The molecule has 17 heavy (non-hydrogen) atoms. The van der Waals surface area contributed by atoms with E-state index in [1.807, 2.05) is 0 Å². The molecule has 0 atom stereocenters. The average Bonchev–Trinajstić information content (AvgIpc) is 2.73. The minimum absolute atomic E-state index is 0.0601. The Kier molecular flexibility index (Phi) is 2.88. The molecule has 1 fully saturated rings. The van der Waals surface area contributed by atoms with Gasteiger partial charge in [0.15, 0.2) is 6.29 Å². The van der Waals surface area contributed by atoms with Crippen LogP contribution >= 0.6 is 0 Å². The maximum absolute atomic E-state index is 12.6. The lowest BCUT2D eigenvalue weighted by Gasteiger charge is -2.17. The lowest BCUT2D eigenvalue weighted by Crippen LogP contribution is -2.12. The summed E-state index contributed by atoms with van der Waals surface area (Å²) in [6, 6.07) is 1.70. The molecule has 1 aliphatic heterocycles. The van der Waals surface area contributed by atoms with E-state index in [1.165, 1.54) is 0 Å². The van der Waals surface area contributed by atoms with Crippen LogP contribution in [0.2, 0.25) is 0 Å². The van der Waals surface area contributed by atoms with Crippen LogP contribution in [0.15, 0.2) is 12.1 Å². The first-order valence-corrected chi connectivity index (χ1v) is 4.89. The predicted molar refractivity (Wildman–Crippen MR) is 54.9 cm³/mol. The fraction of sp³-hybridized carbons (Fsp3) is 0.400. The van der Waals surface area contributed by atoms with Gasteiger partial charge >= 0.3 is 6.18 Å². The smallest absolute Gasteiger partial charge is 0.397 e. The van der Waals surface area contributed by atoms with Gasteiger partial charge in [-0.1, -0.05) is 0 Å². The van der Waals surface area contributed by atoms with E-state index in [4.69, 9.17) is 20.9 Å². The molecular weight excluding hydrogens is 237 g/mol. The quantitative estimate of drug-likeness (QED) is 0.745. The standard InChI is InChI=1S/C10H11F3N2O2/c11-10(12,13)5-3-6(8(15)7(14)4-5)9-16-1-2-17-9/h3-4,9H,1-2,14-15H2. The van der Waals surface area contributed by atoms with Gasteiger partial charge in [-0.15, -0.1) is 0 Å². The molecule has 1 heterocycles. The first kappa shape index (κ1) is 12.0. The summed E-state index contributed by atoms with van der Waals surface area (Å²) in [7, 11) is 0. The highest BCUT2D eigenvalue weighted by Crippen LogP contribution is 2.38. The molecular formula is C10H11F3N2O2. The van der Waals surface area contributed by atoms with E-state index in [1.54, 1.807) is 0 Å². The fourth-order valence-corrected chi connectivity index (χ4v) is 1.60. The van der Waals surface area contributed by atoms with Gasteiger partial charge in [0.1, 0.15) is 0 Å². The van der Waals surface area contributed by atoms with E-state index in [0.29, 0.717) is 13.2 Å². The highest BCUT2D eigenvalue weighted by molar-refractivity contribution is 5.69. The maximum atomic E-state index is 12.6. The number of halogens is 3. The summed E-state index contributed by atoms with van der Waals surface area (Å²) >= 11 is 0. The van der Waals surface area contributed by atoms with Crippen LogP contribution in [0.4, 0.5) is 24.5 Å². The van der Waals surface area contributed by atoms with Crippen molar-refractivity contribution in [3.8, 4) is 0 Å². The second kappa shape index (κ2) is 4.08. The topological polar surface area (TPSA) is 70.5 Å². The van der Waals surface area contributed by atoms with Crippen LogP contribution in [-0.4, -0.2) is 13.2 Å². The number of ether oxygens (including phenoxy) is 2. The van der Waals surface area contributed by atoms with E-state index in [0.717, 1.165) is 12.1 Å². The van der Waals surface area contributed by atoms with Crippen LogP contribution in [0.5, 0.6) is 0 Å². The molecule has 4 N–H and O–H groups in total. The summed E-state index contributed by atoms with van der Waals surface area (Å²) in [6.07, 6.45) is -5.35. The van der Waals surface area contributed by atoms with Gasteiger partial charge in [0.05, 0.1) is 30.2 Å². The first-order valence-electron chi connectivity index (χ1n) is 4.89. The molecule has 1 aliphatic rings. The highest BCUT2D eigenvalue weighted by atomic mass is 19.4. The van der Waals surface area contributed by atoms with Gasteiger partial charge in [-0.2, -0.15) is 13.2 Å². The number of rotatable bonds is 1. The summed E-state index contributed by atoms with van der Waals surface area (Å²) in [6.45, 7) is 0.639. The summed E-state index contributed by atoms with van der Waals surface area (Å²) in [4.78, 5) is 0. The van der Waals surface area contributed by atoms with Crippen molar-refractivity contribution >= 4 is 11.4 Å². The SMILES string of the molecule is Nc1cc(C(F)(F)F)cc(C2OCCO2)c1N. The van der Waals surface area contributed by atoms with Crippen molar-refractivity contribution in [1.82, 2.24) is 0 Å². The van der Waals surface area contributed by atoms with E-state index in [-0.39, 0.29) is 16.9 Å². The summed E-state index contributed by atoms with van der Waals surface area (Å²) in [5, 5.41) is 0. The fourth-order valence-electron chi connectivity index (χ4n) is 1.60. The molecule has 0 amide bonds. The number of hydrogen-bond acceptors (Lipinski definition) is 4. The van der Waals surface area contributed by atoms with E-state index >= 15 is 0 Å². The number of hydrogen-bond donors (Lipinski definition) is 2. The van der Waals surface area contributed by atoms with Crippen molar-refractivity contribution in [2.24, 2.45) is 0 Å². The second-order valence-electron chi connectivity index (χ2n) is 3.64. The number of nitrogen functional groups attached to an aromatic ring is 2. The minimum atomic E-state index is -4.48. The number of anilines is 2. The minimum Gasteiger partial charge on any atom is -0.397 e. The summed E-state index contributed by atoms with van der Waals surface area (Å²) < 4.78 is 48.0. The maximum Gasteiger partial charge on any atom is 0.416 e. The first-order chi connectivity index (χ1) is 7.89. The van der Waals surface area contributed by atoms with Gasteiger partial charge < -0.3 is 20.9 Å². The van der Waals surface area contributed by atoms with Crippen molar-refractivity contribution in [3.05, 3.63) is 23.3 Å². The Morgan fingerprint density at radius 3 is 2.24 bits per heavy atom. The lowest BCUT2D eigenvalue weighted by molar-refractivity contribution is -0.137. The molecule has 0 aromatic heterocycles. The third-order valence-electron chi connectivity index (χ3n) is 2.45. The van der Waals surface area contributed by atoms with Crippen LogP contribution in [0.25, 0.3) is 0 Å². The van der Waals surface area contributed by atoms with Crippen LogP contribution in [-0.2, 0) is 15.7 Å². The van der Waals surface area contributed by atoms with Crippen molar-refractivity contribution in [2.45, 2.75) is 12.5 Å². The zero-order valence-corrected chi connectivity index (χ0v) is 8.75. The molecule has 0 saturated carbocycles. The van der Waals surface area contributed by atoms with Crippen LogP contribution < -0.4 is 11.5 Å². The van der Waals surface area contributed by atoms with Gasteiger partial charge in [-0.3, -0.25) is 0 Å². The number of nitrogens with two attached hydrogens (primary N) is 2. The molecule has 1 aromatic carbocycles. The molecule has 4 nitrogen and oxygen atoms in total. The third-order valence-corrected chi connectivity index (χ3v) is 2.45. The largest absolute Gasteiger partial charge is 0.416 e. The third kappa shape index (κ3) is 2.29. The molecule has 2 rings (SSSR count). The number of alkyl halides is 3. The molecule has 1 aromatic rings. The summed E-state index contributed by atoms with van der Waals surface area (Å²) in [5.74, 6) is 0. The van der Waals surface area contributed by atoms with Crippen molar-refractivity contribution in [2.75, 3.05) is 24.7 Å². The Balaban J connectivity index is 2.46. The molecule has 0 spiro atoms. The second-order valence-corrected chi connectivity index (χ2v) is 3.64. The van der Waals surface area contributed by atoms with Gasteiger partial charge in [-0.05, 0) is 12.1 Å². The number of benzene rings is 1. The normalized spacial score (nSPS) is 17.6. The highest BCUT2D eigenvalue weighted by Gasteiger charge is 2.33.